The third kappa shape index (κ3) is 4.90. The van der Waals surface area contributed by atoms with Gasteiger partial charge < -0.3 is 19.1 Å². The summed E-state index contributed by atoms with van der Waals surface area (Å²) in [6.07, 6.45) is 7.27. The monoisotopic (exact) mass is 399 g/mol. The molecule has 1 aromatic carbocycles. The minimum absolute atomic E-state index is 0.155. The summed E-state index contributed by atoms with van der Waals surface area (Å²) >= 11 is 0. The summed E-state index contributed by atoms with van der Waals surface area (Å²) in [5.74, 6) is 1.67. The van der Waals surface area contributed by atoms with Gasteiger partial charge in [-0.05, 0) is 49.9 Å². The van der Waals surface area contributed by atoms with Gasteiger partial charge in [-0.15, -0.1) is 0 Å². The Hall–Kier alpha value is -2.54. The second kappa shape index (κ2) is 9.31. The van der Waals surface area contributed by atoms with Crippen molar-refractivity contribution >= 4 is 5.91 Å². The summed E-state index contributed by atoms with van der Waals surface area (Å²) in [5, 5.41) is 4.65. The largest absolute Gasteiger partial charge is 0.493 e. The van der Waals surface area contributed by atoms with Crippen LogP contribution >= 0.6 is 0 Å². The highest BCUT2D eigenvalue weighted by molar-refractivity contribution is 5.76. The lowest BCUT2D eigenvalue weighted by Crippen LogP contribution is -2.40. The Kier molecular flexibility index (Phi) is 6.34. The molecule has 2 fully saturated rings. The van der Waals surface area contributed by atoms with Crippen LogP contribution in [0.3, 0.4) is 0 Å². The molecule has 1 aromatic heterocycles. The van der Waals surface area contributed by atoms with Gasteiger partial charge in [-0.25, -0.2) is 0 Å². The molecule has 1 aliphatic carbocycles. The van der Waals surface area contributed by atoms with E-state index in [1.54, 1.807) is 7.11 Å². The molecule has 1 saturated carbocycles. The Balaban J connectivity index is 1.41. The third-order valence-corrected chi connectivity index (χ3v) is 5.61. The van der Waals surface area contributed by atoms with Gasteiger partial charge in [0.05, 0.1) is 32.1 Å². The van der Waals surface area contributed by atoms with E-state index < -0.39 is 0 Å². The van der Waals surface area contributed by atoms with E-state index in [0.717, 1.165) is 35.6 Å². The number of aromatic nitrogens is 2. The number of nitrogens with zero attached hydrogens (tertiary/aromatic N) is 3. The van der Waals surface area contributed by atoms with Gasteiger partial charge in [0.25, 0.3) is 0 Å². The van der Waals surface area contributed by atoms with Gasteiger partial charge in [-0.3, -0.25) is 9.48 Å². The molecule has 29 heavy (non-hydrogen) atoms. The highest BCUT2D eigenvalue weighted by atomic mass is 16.5. The zero-order valence-corrected chi connectivity index (χ0v) is 17.0. The van der Waals surface area contributed by atoms with Crippen LogP contribution < -0.4 is 9.47 Å². The summed E-state index contributed by atoms with van der Waals surface area (Å²) in [6, 6.07) is 7.90. The van der Waals surface area contributed by atoms with Crippen LogP contribution in [0.25, 0.3) is 11.3 Å². The Morgan fingerprint density at radius 3 is 2.72 bits per heavy atom. The second-order valence-corrected chi connectivity index (χ2v) is 7.60. The maximum Gasteiger partial charge on any atom is 0.224 e. The third-order valence-electron chi connectivity index (χ3n) is 5.61. The molecule has 1 saturated heterocycles. The minimum atomic E-state index is 0.155. The summed E-state index contributed by atoms with van der Waals surface area (Å²) in [6.45, 7) is 3.18. The molecule has 1 aliphatic heterocycles. The first kappa shape index (κ1) is 19.8. The van der Waals surface area contributed by atoms with E-state index in [0.29, 0.717) is 39.3 Å². The Morgan fingerprint density at radius 1 is 1.17 bits per heavy atom. The first-order chi connectivity index (χ1) is 14.2. The number of amides is 1. The molecule has 0 bridgehead atoms. The standard InChI is InChI=1S/C22H29N3O4/c1-27-20-7-6-17(16-21(20)29-18-4-2-3-5-18)19-8-10-25(23-19)11-9-22(26)24-12-14-28-15-13-24/h6-8,10,16,18H,2-5,9,11-15H2,1H3. The van der Waals surface area contributed by atoms with Gasteiger partial charge in [0, 0.05) is 37.8 Å². The Labute approximate surface area is 171 Å². The lowest BCUT2D eigenvalue weighted by Gasteiger charge is -2.26. The van der Waals surface area contributed by atoms with Crippen molar-refractivity contribution in [1.82, 2.24) is 14.7 Å². The first-order valence-corrected chi connectivity index (χ1v) is 10.5. The number of carbonyl (C=O) groups is 1. The van der Waals surface area contributed by atoms with Crippen molar-refractivity contribution < 1.29 is 19.0 Å². The van der Waals surface area contributed by atoms with E-state index in [9.17, 15) is 4.79 Å². The lowest BCUT2D eigenvalue weighted by atomic mass is 10.1. The van der Waals surface area contributed by atoms with Crippen LogP contribution in [0.4, 0.5) is 0 Å². The fourth-order valence-electron chi connectivity index (χ4n) is 3.94. The number of benzene rings is 1. The number of hydrogen-bond acceptors (Lipinski definition) is 5. The highest BCUT2D eigenvalue weighted by Gasteiger charge is 2.20. The van der Waals surface area contributed by atoms with E-state index >= 15 is 0 Å². The van der Waals surface area contributed by atoms with Gasteiger partial charge in [0.1, 0.15) is 0 Å². The van der Waals surface area contributed by atoms with E-state index in [4.69, 9.17) is 14.2 Å². The quantitative estimate of drug-likeness (QED) is 0.716. The zero-order chi connectivity index (χ0) is 20.1. The Morgan fingerprint density at radius 2 is 1.97 bits per heavy atom. The van der Waals surface area contributed by atoms with Crippen molar-refractivity contribution in [1.29, 1.82) is 0 Å². The molecule has 156 valence electrons. The molecule has 0 spiro atoms. The molecule has 7 heteroatoms. The highest BCUT2D eigenvalue weighted by Crippen LogP contribution is 2.35. The average molecular weight is 399 g/mol. The number of aryl methyl sites for hydroxylation is 1. The van der Waals surface area contributed by atoms with Crippen molar-refractivity contribution in [3.05, 3.63) is 30.5 Å². The molecule has 7 nitrogen and oxygen atoms in total. The van der Waals surface area contributed by atoms with Crippen molar-refractivity contribution in [3.63, 3.8) is 0 Å². The molecule has 1 amide bonds. The molecule has 0 N–H and O–H groups in total. The van der Waals surface area contributed by atoms with Crippen molar-refractivity contribution in [2.24, 2.45) is 0 Å². The van der Waals surface area contributed by atoms with Crippen molar-refractivity contribution in [3.8, 4) is 22.8 Å². The molecule has 0 atom stereocenters. The van der Waals surface area contributed by atoms with E-state index in [2.05, 4.69) is 5.10 Å². The van der Waals surface area contributed by atoms with Gasteiger partial charge in [0.2, 0.25) is 5.91 Å². The van der Waals surface area contributed by atoms with E-state index in [1.807, 2.05) is 40.0 Å². The molecule has 0 radical (unpaired) electrons. The number of morpholine rings is 1. The van der Waals surface area contributed by atoms with Gasteiger partial charge in [-0.2, -0.15) is 5.10 Å². The van der Waals surface area contributed by atoms with Crippen molar-refractivity contribution in [2.45, 2.75) is 44.8 Å². The topological polar surface area (TPSA) is 65.8 Å². The Bertz CT molecular complexity index is 823. The van der Waals surface area contributed by atoms with Crippen LogP contribution in [0.2, 0.25) is 0 Å². The second-order valence-electron chi connectivity index (χ2n) is 7.60. The molecule has 2 aromatic rings. The van der Waals surface area contributed by atoms with Crippen LogP contribution in [0.1, 0.15) is 32.1 Å². The fraction of sp³-hybridized carbons (Fsp3) is 0.545. The number of methoxy groups -OCH3 is 1. The zero-order valence-electron chi connectivity index (χ0n) is 17.0. The van der Waals surface area contributed by atoms with Gasteiger partial charge >= 0.3 is 0 Å². The number of hydrogen-bond donors (Lipinski definition) is 0. The van der Waals surface area contributed by atoms with E-state index in [1.165, 1.54) is 12.8 Å². The molecular weight excluding hydrogens is 370 g/mol. The molecule has 2 heterocycles. The van der Waals surface area contributed by atoms with Gasteiger partial charge in [0.15, 0.2) is 11.5 Å². The smallest absolute Gasteiger partial charge is 0.224 e. The molecular formula is C22H29N3O4. The fourth-order valence-corrected chi connectivity index (χ4v) is 3.94. The van der Waals surface area contributed by atoms with Crippen LogP contribution in [0.5, 0.6) is 11.5 Å². The predicted molar refractivity (Wildman–Crippen MR) is 109 cm³/mol. The number of rotatable bonds is 7. The summed E-state index contributed by atoms with van der Waals surface area (Å²) in [5.41, 5.74) is 1.85. The maximum absolute atomic E-state index is 12.3. The molecule has 0 unspecified atom stereocenters. The molecule has 4 rings (SSSR count). The maximum atomic E-state index is 12.3. The first-order valence-electron chi connectivity index (χ1n) is 10.5. The summed E-state index contributed by atoms with van der Waals surface area (Å²) in [4.78, 5) is 14.2. The normalized spacial score (nSPS) is 17.5. The van der Waals surface area contributed by atoms with Crippen LogP contribution in [0.15, 0.2) is 30.5 Å². The summed E-state index contributed by atoms with van der Waals surface area (Å²) < 4.78 is 18.8. The van der Waals surface area contributed by atoms with Crippen LogP contribution in [-0.4, -0.2) is 60.1 Å². The van der Waals surface area contributed by atoms with Gasteiger partial charge in [-0.1, -0.05) is 0 Å². The number of ether oxygens (including phenoxy) is 3. The minimum Gasteiger partial charge on any atom is -0.493 e. The van der Waals surface area contributed by atoms with Crippen LogP contribution in [0, 0.1) is 0 Å². The SMILES string of the molecule is COc1ccc(-c2ccn(CCC(=O)N3CCOCC3)n2)cc1OC1CCCC1. The van der Waals surface area contributed by atoms with E-state index in [-0.39, 0.29) is 12.0 Å². The number of carbonyl (C=O) groups excluding carboxylic acids is 1. The predicted octanol–water partition coefficient (Wildman–Crippen LogP) is 3.13. The van der Waals surface area contributed by atoms with Crippen molar-refractivity contribution in [2.75, 3.05) is 33.4 Å². The summed E-state index contributed by atoms with van der Waals surface area (Å²) in [7, 11) is 1.66. The lowest BCUT2D eigenvalue weighted by molar-refractivity contribution is -0.135. The molecule has 2 aliphatic rings. The van der Waals surface area contributed by atoms with Crippen LogP contribution in [-0.2, 0) is 16.1 Å². The average Bonchev–Trinajstić information content (AvgIpc) is 3.45.